The number of benzene rings is 1. The number of hydrogen-bond donors (Lipinski definition) is 1. The first-order valence-electron chi connectivity index (χ1n) is 5.03. The van der Waals surface area contributed by atoms with Gasteiger partial charge in [-0.3, -0.25) is 0 Å². The second-order valence-corrected chi connectivity index (χ2v) is 4.24. The van der Waals surface area contributed by atoms with Crippen molar-refractivity contribution in [3.63, 3.8) is 0 Å². The highest BCUT2D eigenvalue weighted by atomic mass is 35.5. The molecule has 0 aliphatic rings. The summed E-state index contributed by atoms with van der Waals surface area (Å²) in [4.78, 5) is 4.10. The third kappa shape index (κ3) is 2.78. The first-order chi connectivity index (χ1) is 8.60. The van der Waals surface area contributed by atoms with Crippen LogP contribution in [-0.2, 0) is 0 Å². The Morgan fingerprint density at radius 3 is 2.50 bits per heavy atom. The normalized spacial score (nSPS) is 10.2. The number of methoxy groups -OCH3 is 1. The molecule has 0 aliphatic heterocycles. The largest absolute Gasteiger partial charge is 0.481 e. The van der Waals surface area contributed by atoms with E-state index in [2.05, 4.69) is 4.98 Å². The maximum Gasteiger partial charge on any atom is 0.222 e. The molecule has 0 atom stereocenters. The molecule has 0 radical (unpaired) electrons. The van der Waals surface area contributed by atoms with Crippen molar-refractivity contribution in [2.45, 2.75) is 0 Å². The van der Waals surface area contributed by atoms with Crippen LogP contribution in [0.15, 0.2) is 30.3 Å². The van der Waals surface area contributed by atoms with Crippen molar-refractivity contribution < 1.29 is 9.47 Å². The van der Waals surface area contributed by atoms with Crippen LogP contribution in [0.4, 0.5) is 5.69 Å². The molecule has 0 unspecified atom stereocenters. The first kappa shape index (κ1) is 12.8. The summed E-state index contributed by atoms with van der Waals surface area (Å²) in [5.74, 6) is 1.20. The number of pyridine rings is 1. The second kappa shape index (κ2) is 5.33. The van der Waals surface area contributed by atoms with E-state index >= 15 is 0 Å². The molecule has 1 aromatic carbocycles. The Labute approximate surface area is 114 Å². The summed E-state index contributed by atoms with van der Waals surface area (Å²) in [5.41, 5.74) is 6.16. The summed E-state index contributed by atoms with van der Waals surface area (Å²) >= 11 is 11.7. The monoisotopic (exact) mass is 284 g/mol. The third-order valence-electron chi connectivity index (χ3n) is 2.17. The van der Waals surface area contributed by atoms with Gasteiger partial charge in [-0.1, -0.05) is 29.3 Å². The molecule has 0 saturated carbocycles. The highest BCUT2D eigenvalue weighted by molar-refractivity contribution is 6.42. The summed E-state index contributed by atoms with van der Waals surface area (Å²) < 4.78 is 10.5. The van der Waals surface area contributed by atoms with E-state index in [-0.39, 0.29) is 0 Å². The molecule has 0 amide bonds. The Balaban J connectivity index is 2.30. The molecule has 0 saturated heterocycles. The van der Waals surface area contributed by atoms with Gasteiger partial charge in [-0.25, -0.2) is 0 Å². The molecule has 4 nitrogen and oxygen atoms in total. The van der Waals surface area contributed by atoms with Crippen molar-refractivity contribution in [3.05, 3.63) is 40.4 Å². The highest BCUT2D eigenvalue weighted by Crippen LogP contribution is 2.34. The molecule has 0 fully saturated rings. The van der Waals surface area contributed by atoms with Gasteiger partial charge in [0.25, 0.3) is 0 Å². The van der Waals surface area contributed by atoms with Crippen LogP contribution in [0.25, 0.3) is 0 Å². The quantitative estimate of drug-likeness (QED) is 0.872. The average Bonchev–Trinajstić information content (AvgIpc) is 2.36. The smallest absolute Gasteiger partial charge is 0.222 e. The Morgan fingerprint density at radius 1 is 1.11 bits per heavy atom. The molecule has 2 N–H and O–H groups in total. The maximum absolute atomic E-state index is 5.90. The zero-order valence-corrected chi connectivity index (χ0v) is 11.0. The van der Waals surface area contributed by atoms with Gasteiger partial charge in [-0.05, 0) is 6.07 Å². The van der Waals surface area contributed by atoms with Crippen LogP contribution in [0.1, 0.15) is 0 Å². The number of nitrogens with zero attached hydrogens (tertiary/aromatic N) is 1. The Bertz CT molecular complexity index is 576. The van der Waals surface area contributed by atoms with Crippen LogP contribution in [-0.4, -0.2) is 12.1 Å². The van der Waals surface area contributed by atoms with Gasteiger partial charge in [0.15, 0.2) is 5.75 Å². The van der Waals surface area contributed by atoms with Gasteiger partial charge in [-0.2, -0.15) is 4.98 Å². The molecular formula is C12H10Cl2N2O2. The first-order valence-corrected chi connectivity index (χ1v) is 5.79. The molecule has 2 rings (SSSR count). The minimum atomic E-state index is 0.361. The Morgan fingerprint density at radius 2 is 1.78 bits per heavy atom. The summed E-state index contributed by atoms with van der Waals surface area (Å²) in [5, 5.41) is 0.740. The lowest BCUT2D eigenvalue weighted by atomic mass is 10.3. The lowest BCUT2D eigenvalue weighted by Gasteiger charge is -2.09. The lowest BCUT2D eigenvalue weighted by molar-refractivity contribution is 0.383. The van der Waals surface area contributed by atoms with Gasteiger partial charge in [-0.15, -0.1) is 0 Å². The molecule has 0 bridgehead atoms. The van der Waals surface area contributed by atoms with Crippen LogP contribution in [0.3, 0.4) is 0 Å². The standard InChI is InChI=1S/C12H10Cl2N2O2/c1-17-11-3-2-4-12(16-11)18-10-6-8(14)7(13)5-9(10)15/h2-6H,15H2,1H3. The number of aromatic nitrogens is 1. The molecule has 18 heavy (non-hydrogen) atoms. The van der Waals surface area contributed by atoms with Crippen molar-refractivity contribution in [2.75, 3.05) is 12.8 Å². The number of ether oxygens (including phenoxy) is 2. The van der Waals surface area contributed by atoms with E-state index in [1.807, 2.05) is 0 Å². The predicted octanol–water partition coefficient (Wildman–Crippen LogP) is 3.77. The van der Waals surface area contributed by atoms with Crippen molar-refractivity contribution in [3.8, 4) is 17.5 Å². The van der Waals surface area contributed by atoms with Crippen LogP contribution in [0.5, 0.6) is 17.5 Å². The Hall–Kier alpha value is -1.65. The molecule has 0 aliphatic carbocycles. The second-order valence-electron chi connectivity index (χ2n) is 3.42. The molecule has 1 aromatic heterocycles. The zero-order chi connectivity index (χ0) is 13.1. The van der Waals surface area contributed by atoms with Crippen molar-refractivity contribution >= 4 is 28.9 Å². The molecule has 94 valence electrons. The van der Waals surface area contributed by atoms with Gasteiger partial charge < -0.3 is 15.2 Å². The molecule has 2 aromatic rings. The molecular weight excluding hydrogens is 275 g/mol. The summed E-state index contributed by atoms with van der Waals surface area (Å²) in [7, 11) is 1.53. The van der Waals surface area contributed by atoms with Gasteiger partial charge >= 0.3 is 0 Å². The van der Waals surface area contributed by atoms with E-state index < -0.39 is 0 Å². The fourth-order valence-electron chi connectivity index (χ4n) is 1.31. The van der Waals surface area contributed by atoms with Gasteiger partial charge in [0.1, 0.15) is 0 Å². The van der Waals surface area contributed by atoms with E-state index in [0.29, 0.717) is 33.2 Å². The van der Waals surface area contributed by atoms with Crippen LogP contribution < -0.4 is 15.2 Å². The third-order valence-corrected chi connectivity index (χ3v) is 2.90. The fourth-order valence-corrected chi connectivity index (χ4v) is 1.64. The van der Waals surface area contributed by atoms with E-state index in [1.165, 1.54) is 13.2 Å². The van der Waals surface area contributed by atoms with Crippen molar-refractivity contribution in [2.24, 2.45) is 0 Å². The van der Waals surface area contributed by atoms with E-state index in [9.17, 15) is 0 Å². The average molecular weight is 285 g/mol. The summed E-state index contributed by atoms with van der Waals surface area (Å²) in [6.45, 7) is 0. The fraction of sp³-hybridized carbons (Fsp3) is 0.0833. The maximum atomic E-state index is 5.90. The topological polar surface area (TPSA) is 57.4 Å². The van der Waals surface area contributed by atoms with Gasteiger partial charge in [0.05, 0.1) is 22.8 Å². The summed E-state index contributed by atoms with van der Waals surface area (Å²) in [6, 6.07) is 8.23. The minimum absolute atomic E-state index is 0.361. The van der Waals surface area contributed by atoms with Crippen LogP contribution >= 0.6 is 23.2 Å². The molecule has 6 heteroatoms. The number of nitrogen functional groups attached to an aromatic ring is 1. The van der Waals surface area contributed by atoms with Gasteiger partial charge in [0.2, 0.25) is 11.8 Å². The molecule has 1 heterocycles. The van der Waals surface area contributed by atoms with Crippen LogP contribution in [0.2, 0.25) is 10.0 Å². The minimum Gasteiger partial charge on any atom is -0.481 e. The summed E-state index contributed by atoms with van der Waals surface area (Å²) in [6.07, 6.45) is 0. The number of hydrogen-bond acceptors (Lipinski definition) is 4. The number of anilines is 1. The SMILES string of the molecule is COc1cccc(Oc2cc(Cl)c(Cl)cc2N)n1. The zero-order valence-electron chi connectivity index (χ0n) is 9.48. The van der Waals surface area contributed by atoms with Gasteiger partial charge in [0, 0.05) is 18.2 Å². The highest BCUT2D eigenvalue weighted by Gasteiger charge is 2.08. The number of halogens is 2. The molecule has 0 spiro atoms. The van der Waals surface area contributed by atoms with E-state index in [4.69, 9.17) is 38.4 Å². The lowest BCUT2D eigenvalue weighted by Crippen LogP contribution is -1.95. The van der Waals surface area contributed by atoms with E-state index in [1.54, 1.807) is 24.3 Å². The predicted molar refractivity (Wildman–Crippen MR) is 71.7 cm³/mol. The number of rotatable bonds is 3. The van der Waals surface area contributed by atoms with Crippen molar-refractivity contribution in [1.29, 1.82) is 0 Å². The van der Waals surface area contributed by atoms with Crippen LogP contribution in [0, 0.1) is 0 Å². The Kier molecular flexibility index (Phi) is 3.79. The number of nitrogens with two attached hydrogens (primary N) is 1. The van der Waals surface area contributed by atoms with Crippen molar-refractivity contribution in [1.82, 2.24) is 4.98 Å². The van der Waals surface area contributed by atoms with E-state index in [0.717, 1.165) is 0 Å².